The molecule has 0 saturated heterocycles. The summed E-state index contributed by atoms with van der Waals surface area (Å²) in [7, 11) is 1.88. The van der Waals surface area contributed by atoms with Gasteiger partial charge in [0.05, 0.1) is 6.54 Å². The molecule has 3 aromatic carbocycles. The summed E-state index contributed by atoms with van der Waals surface area (Å²) in [4.78, 5) is 26.8. The number of likely N-dealkylation sites (N-methyl/N-ethyl adjacent to an activating group) is 1. The van der Waals surface area contributed by atoms with Crippen LogP contribution in [0.25, 0.3) is 10.8 Å². The van der Waals surface area contributed by atoms with Gasteiger partial charge in [-0.1, -0.05) is 48.5 Å². The maximum atomic E-state index is 12.6. The molecule has 0 spiro atoms. The number of carbonyl (C=O) groups is 2. The van der Waals surface area contributed by atoms with E-state index in [4.69, 9.17) is 0 Å². The molecule has 0 aromatic heterocycles. The van der Waals surface area contributed by atoms with Crippen molar-refractivity contribution in [3.8, 4) is 0 Å². The van der Waals surface area contributed by atoms with Gasteiger partial charge in [-0.3, -0.25) is 9.59 Å². The molecule has 3 aromatic rings. The highest BCUT2D eigenvalue weighted by molar-refractivity contribution is 5.97. The summed E-state index contributed by atoms with van der Waals surface area (Å²) in [5.41, 5.74) is 3.74. The maximum Gasteiger partial charge on any atom is 0.243 e. The second-order valence-corrected chi connectivity index (χ2v) is 7.35. The van der Waals surface area contributed by atoms with E-state index >= 15 is 0 Å². The Balaban J connectivity index is 1.60. The Morgan fingerprint density at radius 1 is 0.931 bits per heavy atom. The Bertz CT molecular complexity index is 1020. The Morgan fingerprint density at radius 3 is 2.28 bits per heavy atom. The number of rotatable bonds is 6. The van der Waals surface area contributed by atoms with Crippen LogP contribution in [0.1, 0.15) is 18.1 Å². The highest BCUT2D eigenvalue weighted by Gasteiger charge is 2.19. The largest absolute Gasteiger partial charge is 0.363 e. The first-order valence-electron chi connectivity index (χ1n) is 9.72. The average molecular weight is 389 g/mol. The summed E-state index contributed by atoms with van der Waals surface area (Å²) < 4.78 is 0. The van der Waals surface area contributed by atoms with Crippen molar-refractivity contribution in [1.82, 2.24) is 5.32 Å². The van der Waals surface area contributed by atoms with Gasteiger partial charge in [0.25, 0.3) is 0 Å². The van der Waals surface area contributed by atoms with Crippen LogP contribution in [0, 0.1) is 13.8 Å². The molecule has 1 atom stereocenters. The van der Waals surface area contributed by atoms with Crippen LogP contribution in [0.3, 0.4) is 0 Å². The van der Waals surface area contributed by atoms with Crippen molar-refractivity contribution in [2.24, 2.45) is 0 Å². The molecule has 3 rings (SSSR count). The minimum atomic E-state index is -0.413. The molecule has 0 aliphatic heterocycles. The molecule has 5 heteroatoms. The molecule has 5 nitrogen and oxygen atoms in total. The van der Waals surface area contributed by atoms with E-state index in [0.29, 0.717) is 0 Å². The molecule has 150 valence electrons. The van der Waals surface area contributed by atoms with Gasteiger partial charge in [0, 0.05) is 18.4 Å². The first-order valence-corrected chi connectivity index (χ1v) is 9.72. The quantitative estimate of drug-likeness (QED) is 0.669. The number of aryl methyl sites for hydroxylation is 2. The summed E-state index contributed by atoms with van der Waals surface area (Å²) in [6.45, 7) is 5.65. The number of amides is 2. The zero-order valence-corrected chi connectivity index (χ0v) is 17.3. The second-order valence-electron chi connectivity index (χ2n) is 7.35. The van der Waals surface area contributed by atoms with Crippen molar-refractivity contribution in [2.75, 3.05) is 23.8 Å². The number of hydrogen-bond acceptors (Lipinski definition) is 3. The van der Waals surface area contributed by atoms with Gasteiger partial charge < -0.3 is 15.5 Å². The van der Waals surface area contributed by atoms with E-state index in [1.165, 1.54) is 0 Å². The summed E-state index contributed by atoms with van der Waals surface area (Å²) >= 11 is 0. The third kappa shape index (κ3) is 4.74. The smallest absolute Gasteiger partial charge is 0.243 e. The third-order valence-electron chi connectivity index (χ3n) is 5.27. The molecule has 0 aliphatic rings. The lowest BCUT2D eigenvalue weighted by atomic mass is 10.1. The minimum Gasteiger partial charge on any atom is -0.363 e. The fraction of sp³-hybridized carbons (Fsp3) is 0.250. The van der Waals surface area contributed by atoms with Crippen molar-refractivity contribution >= 4 is 34.0 Å². The van der Waals surface area contributed by atoms with E-state index in [-0.39, 0.29) is 18.4 Å². The van der Waals surface area contributed by atoms with Crippen molar-refractivity contribution in [2.45, 2.75) is 26.8 Å². The lowest BCUT2D eigenvalue weighted by Gasteiger charge is -2.26. The van der Waals surface area contributed by atoms with Gasteiger partial charge in [0.15, 0.2) is 0 Å². The highest BCUT2D eigenvalue weighted by atomic mass is 16.2. The number of anilines is 2. The van der Waals surface area contributed by atoms with Gasteiger partial charge in [-0.05, 0) is 54.8 Å². The SMILES string of the molecule is Cc1cccc(C)c1NC(=O)CNC(=O)C(C)N(C)c1ccc2ccccc2c1. The van der Waals surface area contributed by atoms with E-state index in [1.807, 2.05) is 75.2 Å². The average Bonchev–Trinajstić information content (AvgIpc) is 2.73. The van der Waals surface area contributed by atoms with Crippen molar-refractivity contribution < 1.29 is 9.59 Å². The molecular formula is C24H27N3O2. The van der Waals surface area contributed by atoms with Gasteiger partial charge in [0.1, 0.15) is 6.04 Å². The Labute approximate surface area is 171 Å². The van der Waals surface area contributed by atoms with Gasteiger partial charge in [0.2, 0.25) is 11.8 Å². The highest BCUT2D eigenvalue weighted by Crippen LogP contribution is 2.23. The van der Waals surface area contributed by atoms with Crippen LogP contribution in [-0.4, -0.2) is 31.4 Å². The fourth-order valence-electron chi connectivity index (χ4n) is 3.31. The van der Waals surface area contributed by atoms with Gasteiger partial charge in [-0.25, -0.2) is 0 Å². The minimum absolute atomic E-state index is 0.0670. The van der Waals surface area contributed by atoms with Crippen molar-refractivity contribution in [3.05, 3.63) is 71.8 Å². The Kier molecular flexibility index (Phi) is 6.17. The number of para-hydroxylation sites is 1. The van der Waals surface area contributed by atoms with Gasteiger partial charge in [-0.15, -0.1) is 0 Å². The number of nitrogens with zero attached hydrogens (tertiary/aromatic N) is 1. The zero-order valence-electron chi connectivity index (χ0n) is 17.3. The number of nitrogens with one attached hydrogen (secondary N) is 2. The molecule has 1 unspecified atom stereocenters. The molecule has 2 amide bonds. The number of carbonyl (C=O) groups excluding carboxylic acids is 2. The summed E-state index contributed by atoms with van der Waals surface area (Å²) in [5, 5.41) is 7.90. The van der Waals surface area contributed by atoms with Crippen LogP contribution in [0.5, 0.6) is 0 Å². The number of fused-ring (bicyclic) bond motifs is 1. The molecule has 0 saturated carbocycles. The molecule has 2 N–H and O–H groups in total. The summed E-state index contributed by atoms with van der Waals surface area (Å²) in [5.74, 6) is -0.436. The van der Waals surface area contributed by atoms with Gasteiger partial charge >= 0.3 is 0 Å². The van der Waals surface area contributed by atoms with E-state index in [2.05, 4.69) is 28.8 Å². The van der Waals surface area contributed by atoms with Crippen LogP contribution < -0.4 is 15.5 Å². The summed E-state index contributed by atoms with van der Waals surface area (Å²) in [6, 6.07) is 19.7. The molecule has 0 bridgehead atoms. The predicted molar refractivity (Wildman–Crippen MR) is 119 cm³/mol. The van der Waals surface area contributed by atoms with Crippen molar-refractivity contribution in [1.29, 1.82) is 0 Å². The normalized spacial score (nSPS) is 11.7. The third-order valence-corrected chi connectivity index (χ3v) is 5.27. The zero-order chi connectivity index (χ0) is 21.0. The van der Waals surface area contributed by atoms with Crippen LogP contribution in [0.15, 0.2) is 60.7 Å². The molecule has 29 heavy (non-hydrogen) atoms. The Morgan fingerprint density at radius 2 is 1.59 bits per heavy atom. The van der Waals surface area contributed by atoms with E-state index in [0.717, 1.165) is 33.3 Å². The topological polar surface area (TPSA) is 61.4 Å². The van der Waals surface area contributed by atoms with Gasteiger partial charge in [-0.2, -0.15) is 0 Å². The Hall–Kier alpha value is -3.34. The van der Waals surface area contributed by atoms with Crippen LogP contribution >= 0.6 is 0 Å². The molecule has 0 aliphatic carbocycles. The standard InChI is InChI=1S/C24H27N3O2/c1-16-8-7-9-17(2)23(16)26-22(28)15-25-24(29)18(3)27(4)21-13-12-19-10-5-6-11-20(19)14-21/h5-14,18H,15H2,1-4H3,(H,25,29)(H,26,28). The van der Waals surface area contributed by atoms with Crippen LogP contribution in [-0.2, 0) is 9.59 Å². The fourth-order valence-corrected chi connectivity index (χ4v) is 3.31. The second kappa shape index (κ2) is 8.78. The number of benzene rings is 3. The molecule has 0 heterocycles. The maximum absolute atomic E-state index is 12.6. The lowest BCUT2D eigenvalue weighted by molar-refractivity contribution is -0.124. The van der Waals surface area contributed by atoms with Crippen LogP contribution in [0.4, 0.5) is 11.4 Å². The number of hydrogen-bond donors (Lipinski definition) is 2. The monoisotopic (exact) mass is 389 g/mol. The van der Waals surface area contributed by atoms with E-state index in [9.17, 15) is 9.59 Å². The first kappa shape index (κ1) is 20.4. The first-order chi connectivity index (χ1) is 13.9. The van der Waals surface area contributed by atoms with Crippen molar-refractivity contribution in [3.63, 3.8) is 0 Å². The lowest BCUT2D eigenvalue weighted by Crippen LogP contribution is -2.45. The summed E-state index contributed by atoms with van der Waals surface area (Å²) in [6.07, 6.45) is 0. The predicted octanol–water partition coefficient (Wildman–Crippen LogP) is 4.04. The van der Waals surface area contributed by atoms with E-state index in [1.54, 1.807) is 0 Å². The molecule has 0 fully saturated rings. The molecular weight excluding hydrogens is 362 g/mol. The molecule has 0 radical (unpaired) electrons. The van der Waals surface area contributed by atoms with E-state index < -0.39 is 6.04 Å². The van der Waals surface area contributed by atoms with Crippen LogP contribution in [0.2, 0.25) is 0 Å².